The van der Waals surface area contributed by atoms with Crippen molar-refractivity contribution < 1.29 is 33.2 Å². The predicted molar refractivity (Wildman–Crippen MR) is 67.6 cm³/mol. The lowest BCUT2D eigenvalue weighted by atomic mass is 10.3. The van der Waals surface area contributed by atoms with Gasteiger partial charge in [0.1, 0.15) is 0 Å². The van der Waals surface area contributed by atoms with Crippen molar-refractivity contribution >= 4 is 0 Å². The summed E-state index contributed by atoms with van der Waals surface area (Å²) in [6, 6.07) is 0. The Morgan fingerprint density at radius 1 is 0.526 bits per heavy atom. The molecule has 7 heteroatoms. The topological polar surface area (TPSA) is 64.6 Å². The third-order valence-electron chi connectivity index (χ3n) is 2.97. The molecule has 0 spiro atoms. The normalized spacial score (nSPS) is 12.9. The molecule has 19 heavy (non-hydrogen) atoms. The van der Waals surface area contributed by atoms with Gasteiger partial charge in [0.15, 0.2) is 0 Å². The SMILES string of the molecule is COC(CCOCCC(OC)(OC)OC)(OC)OC. The van der Waals surface area contributed by atoms with E-state index in [1.807, 2.05) is 0 Å². The molecule has 0 saturated heterocycles. The molecule has 0 aliphatic rings. The van der Waals surface area contributed by atoms with Crippen molar-refractivity contribution in [3.8, 4) is 0 Å². The van der Waals surface area contributed by atoms with Gasteiger partial charge in [-0.1, -0.05) is 0 Å². The van der Waals surface area contributed by atoms with Crippen LogP contribution in [0.2, 0.25) is 0 Å². The molecule has 0 radical (unpaired) electrons. The molecule has 0 saturated carbocycles. The first-order chi connectivity index (χ1) is 9.07. The number of methoxy groups -OCH3 is 6. The van der Waals surface area contributed by atoms with Crippen LogP contribution in [0.25, 0.3) is 0 Å². The van der Waals surface area contributed by atoms with E-state index >= 15 is 0 Å². The van der Waals surface area contributed by atoms with Gasteiger partial charge in [0, 0.05) is 42.7 Å². The van der Waals surface area contributed by atoms with Gasteiger partial charge in [-0.15, -0.1) is 0 Å². The molecule has 0 N–H and O–H groups in total. The maximum Gasteiger partial charge on any atom is 0.284 e. The third kappa shape index (κ3) is 5.70. The molecule has 0 aromatic heterocycles. The summed E-state index contributed by atoms with van der Waals surface area (Å²) in [6.45, 7) is 0.811. The van der Waals surface area contributed by atoms with Crippen molar-refractivity contribution in [2.24, 2.45) is 0 Å². The number of rotatable bonds is 12. The van der Waals surface area contributed by atoms with Crippen LogP contribution in [0.4, 0.5) is 0 Å². The van der Waals surface area contributed by atoms with Crippen molar-refractivity contribution in [1.82, 2.24) is 0 Å². The molecule has 0 aliphatic carbocycles. The van der Waals surface area contributed by atoms with Crippen LogP contribution in [0.1, 0.15) is 12.8 Å². The fraction of sp³-hybridized carbons (Fsp3) is 1.00. The number of ether oxygens (including phenoxy) is 7. The van der Waals surface area contributed by atoms with Crippen LogP contribution in [0.15, 0.2) is 0 Å². The molecule has 0 aliphatic heterocycles. The van der Waals surface area contributed by atoms with Crippen molar-refractivity contribution in [3.05, 3.63) is 0 Å². The molecule has 0 aromatic rings. The molecule has 0 atom stereocenters. The minimum Gasteiger partial charge on any atom is -0.381 e. The van der Waals surface area contributed by atoms with E-state index < -0.39 is 11.9 Å². The Kier molecular flexibility index (Phi) is 9.46. The first kappa shape index (κ1) is 18.7. The molecule has 0 bridgehead atoms. The second kappa shape index (κ2) is 9.60. The fourth-order valence-electron chi connectivity index (χ4n) is 1.61. The predicted octanol–water partition coefficient (Wildman–Crippen LogP) is 0.969. The fourth-order valence-corrected chi connectivity index (χ4v) is 1.61. The van der Waals surface area contributed by atoms with Crippen LogP contribution < -0.4 is 0 Å². The van der Waals surface area contributed by atoms with E-state index in [4.69, 9.17) is 33.2 Å². The van der Waals surface area contributed by atoms with E-state index in [2.05, 4.69) is 0 Å². The van der Waals surface area contributed by atoms with Crippen LogP contribution in [0.5, 0.6) is 0 Å². The van der Waals surface area contributed by atoms with Gasteiger partial charge in [0.2, 0.25) is 0 Å². The minimum atomic E-state index is -1.07. The molecule has 0 rings (SSSR count). The molecular weight excluding hydrogens is 256 g/mol. The first-order valence-corrected chi connectivity index (χ1v) is 5.96. The summed E-state index contributed by atoms with van der Waals surface area (Å²) in [7, 11) is 9.08. The van der Waals surface area contributed by atoms with E-state index in [1.165, 1.54) is 42.7 Å². The molecule has 0 fully saturated rings. The van der Waals surface area contributed by atoms with Gasteiger partial charge in [0.05, 0.1) is 26.1 Å². The van der Waals surface area contributed by atoms with Gasteiger partial charge in [0.25, 0.3) is 11.9 Å². The summed E-state index contributed by atoms with van der Waals surface area (Å²) in [6.07, 6.45) is 0.882. The van der Waals surface area contributed by atoms with E-state index in [0.29, 0.717) is 26.1 Å². The van der Waals surface area contributed by atoms with Crippen LogP contribution in [0.3, 0.4) is 0 Å². The standard InChI is InChI=1S/C12H26O7/c1-13-11(14-2,15-3)7-9-19-10-8-12(16-4,17-5)18-6/h7-10H2,1-6H3. The number of hydrogen-bond acceptors (Lipinski definition) is 7. The molecular formula is C12H26O7. The zero-order chi connectivity index (χ0) is 14.8. The summed E-state index contributed by atoms with van der Waals surface area (Å²) in [5, 5.41) is 0. The first-order valence-electron chi connectivity index (χ1n) is 5.96. The van der Waals surface area contributed by atoms with Crippen LogP contribution >= 0.6 is 0 Å². The maximum absolute atomic E-state index is 5.48. The highest BCUT2D eigenvalue weighted by molar-refractivity contribution is 4.57. The lowest BCUT2D eigenvalue weighted by Crippen LogP contribution is -2.38. The van der Waals surface area contributed by atoms with E-state index in [1.54, 1.807) is 0 Å². The Morgan fingerprint density at radius 3 is 1.00 bits per heavy atom. The lowest BCUT2D eigenvalue weighted by molar-refractivity contribution is -0.362. The second-order valence-corrected chi connectivity index (χ2v) is 3.70. The van der Waals surface area contributed by atoms with Gasteiger partial charge in [-0.25, -0.2) is 0 Å². The monoisotopic (exact) mass is 282 g/mol. The quantitative estimate of drug-likeness (QED) is 0.390. The zero-order valence-corrected chi connectivity index (χ0v) is 12.7. The average Bonchev–Trinajstić information content (AvgIpc) is 2.48. The highest BCUT2D eigenvalue weighted by Gasteiger charge is 2.31. The van der Waals surface area contributed by atoms with Crippen molar-refractivity contribution in [1.29, 1.82) is 0 Å². The smallest absolute Gasteiger partial charge is 0.284 e. The molecule has 116 valence electrons. The summed E-state index contributed by atoms with van der Waals surface area (Å²) >= 11 is 0. The van der Waals surface area contributed by atoms with E-state index in [0.717, 1.165) is 0 Å². The average molecular weight is 282 g/mol. The summed E-state index contributed by atoms with van der Waals surface area (Å²) < 4.78 is 36.4. The Hall–Kier alpha value is -0.280. The minimum absolute atomic E-state index is 0.405. The Balaban J connectivity index is 3.98. The summed E-state index contributed by atoms with van der Waals surface area (Å²) in [4.78, 5) is 0. The highest BCUT2D eigenvalue weighted by atomic mass is 16.9. The Morgan fingerprint density at radius 2 is 0.789 bits per heavy atom. The Labute approximate surface area is 115 Å². The Bertz CT molecular complexity index is 176. The highest BCUT2D eigenvalue weighted by Crippen LogP contribution is 2.19. The van der Waals surface area contributed by atoms with E-state index in [9.17, 15) is 0 Å². The third-order valence-corrected chi connectivity index (χ3v) is 2.97. The number of hydrogen-bond donors (Lipinski definition) is 0. The molecule has 7 nitrogen and oxygen atoms in total. The molecule has 0 aromatic carbocycles. The van der Waals surface area contributed by atoms with Gasteiger partial charge < -0.3 is 33.2 Å². The molecule has 0 amide bonds. The molecule has 0 unspecified atom stereocenters. The van der Waals surface area contributed by atoms with Gasteiger partial charge in [-0.3, -0.25) is 0 Å². The van der Waals surface area contributed by atoms with Crippen molar-refractivity contribution in [3.63, 3.8) is 0 Å². The van der Waals surface area contributed by atoms with Crippen molar-refractivity contribution in [2.45, 2.75) is 24.8 Å². The summed E-state index contributed by atoms with van der Waals surface area (Å²) in [5.41, 5.74) is 0. The van der Waals surface area contributed by atoms with Gasteiger partial charge in [-0.2, -0.15) is 0 Å². The second-order valence-electron chi connectivity index (χ2n) is 3.70. The van der Waals surface area contributed by atoms with Crippen LogP contribution in [-0.4, -0.2) is 67.8 Å². The maximum atomic E-state index is 5.48. The largest absolute Gasteiger partial charge is 0.381 e. The van der Waals surface area contributed by atoms with Gasteiger partial charge in [-0.05, 0) is 0 Å². The van der Waals surface area contributed by atoms with Crippen molar-refractivity contribution in [2.75, 3.05) is 55.9 Å². The van der Waals surface area contributed by atoms with Gasteiger partial charge >= 0.3 is 0 Å². The molecule has 0 heterocycles. The van der Waals surface area contributed by atoms with E-state index in [-0.39, 0.29) is 0 Å². The lowest BCUT2D eigenvalue weighted by Gasteiger charge is -2.30. The van der Waals surface area contributed by atoms with Crippen LogP contribution in [-0.2, 0) is 33.2 Å². The summed E-state index contributed by atoms with van der Waals surface area (Å²) in [5.74, 6) is -2.14. The van der Waals surface area contributed by atoms with Crippen LogP contribution in [0, 0.1) is 0 Å². The zero-order valence-electron chi connectivity index (χ0n) is 12.7.